The number of benzene rings is 1. The van der Waals surface area contributed by atoms with Crippen LogP contribution >= 0.6 is 23.6 Å². The Hall–Kier alpha value is -2.58. The maximum Gasteiger partial charge on any atom is 0.264 e. The third kappa shape index (κ3) is 4.38. The number of thiophene rings is 1. The van der Waals surface area contributed by atoms with Crippen molar-refractivity contribution in [3.8, 4) is 11.5 Å². The highest BCUT2D eigenvalue weighted by molar-refractivity contribution is 7.79. The zero-order chi connectivity index (χ0) is 20.2. The number of pyridine rings is 1. The van der Waals surface area contributed by atoms with Crippen LogP contribution in [0.3, 0.4) is 0 Å². The highest BCUT2D eigenvalue weighted by Gasteiger charge is 2.21. The molecule has 1 aliphatic heterocycles. The molecule has 1 fully saturated rings. The number of amides is 1. The largest absolute Gasteiger partial charge is 0.453 e. The van der Waals surface area contributed by atoms with Gasteiger partial charge in [-0.05, 0) is 31.0 Å². The van der Waals surface area contributed by atoms with Gasteiger partial charge in [0.15, 0.2) is 11.6 Å². The smallest absolute Gasteiger partial charge is 0.264 e. The fourth-order valence-electron chi connectivity index (χ4n) is 3.39. The first-order valence-corrected chi connectivity index (χ1v) is 10.8. The number of nitrogens with one attached hydrogen (secondary N) is 1. The number of nitrogens with zero attached hydrogens (tertiary/aromatic N) is 2. The molecule has 3 heterocycles. The van der Waals surface area contributed by atoms with Gasteiger partial charge in [-0.15, -0.1) is 11.3 Å². The lowest BCUT2D eigenvalue weighted by atomic mass is 10.2. The van der Waals surface area contributed by atoms with Crippen molar-refractivity contribution in [2.24, 2.45) is 0 Å². The fraction of sp³-hybridized carbons (Fsp3) is 0.286. The lowest BCUT2D eigenvalue weighted by Crippen LogP contribution is -2.31. The SMILES string of the molecule is O=C(c1cc2nccc(Oc3ccc(NC=S)cc3F)c2s1)N1CCCCCC1. The van der Waals surface area contributed by atoms with Crippen molar-refractivity contribution < 1.29 is 13.9 Å². The topological polar surface area (TPSA) is 54.5 Å². The minimum atomic E-state index is -0.505. The summed E-state index contributed by atoms with van der Waals surface area (Å²) in [5, 5.41) is 2.76. The van der Waals surface area contributed by atoms with Gasteiger partial charge in [0.1, 0.15) is 5.75 Å². The predicted molar refractivity (Wildman–Crippen MR) is 118 cm³/mol. The summed E-state index contributed by atoms with van der Waals surface area (Å²) in [7, 11) is 0. The Balaban J connectivity index is 1.61. The fourth-order valence-corrected chi connectivity index (χ4v) is 4.56. The van der Waals surface area contributed by atoms with Crippen molar-refractivity contribution in [2.45, 2.75) is 25.7 Å². The molecule has 0 atom stereocenters. The summed E-state index contributed by atoms with van der Waals surface area (Å²) in [6, 6.07) is 8.02. The molecule has 4 rings (SSSR count). The quantitative estimate of drug-likeness (QED) is 0.534. The predicted octanol–water partition coefficient (Wildman–Crippen LogP) is 5.61. The number of aromatic nitrogens is 1. The lowest BCUT2D eigenvalue weighted by Gasteiger charge is -2.19. The molecule has 29 heavy (non-hydrogen) atoms. The molecule has 1 aromatic carbocycles. The molecule has 0 saturated carbocycles. The van der Waals surface area contributed by atoms with E-state index in [9.17, 15) is 9.18 Å². The molecule has 3 aromatic rings. The van der Waals surface area contributed by atoms with E-state index < -0.39 is 5.82 Å². The second kappa shape index (κ2) is 8.84. The van der Waals surface area contributed by atoms with Crippen LogP contribution in [0.2, 0.25) is 0 Å². The molecule has 0 bridgehead atoms. The van der Waals surface area contributed by atoms with Crippen LogP contribution in [0.4, 0.5) is 10.1 Å². The molecular weight excluding hydrogens is 409 g/mol. The summed E-state index contributed by atoms with van der Waals surface area (Å²) < 4.78 is 20.9. The number of fused-ring (bicyclic) bond motifs is 1. The lowest BCUT2D eigenvalue weighted by molar-refractivity contribution is 0.0766. The summed E-state index contributed by atoms with van der Waals surface area (Å²) in [5.41, 5.74) is 2.53. The summed E-state index contributed by atoms with van der Waals surface area (Å²) in [5.74, 6) is 0.0995. The Morgan fingerprint density at radius 2 is 1.97 bits per heavy atom. The number of ether oxygens (including phenoxy) is 1. The second-order valence-electron chi connectivity index (χ2n) is 6.85. The van der Waals surface area contributed by atoms with Gasteiger partial charge in [0.25, 0.3) is 5.91 Å². The first kappa shape index (κ1) is 19.7. The van der Waals surface area contributed by atoms with Crippen molar-refractivity contribution in [1.29, 1.82) is 0 Å². The van der Waals surface area contributed by atoms with Crippen LogP contribution in [0.25, 0.3) is 10.2 Å². The summed E-state index contributed by atoms with van der Waals surface area (Å²) in [6.07, 6.45) is 6.01. The zero-order valence-corrected chi connectivity index (χ0v) is 17.3. The number of hydrogen-bond acceptors (Lipinski definition) is 5. The van der Waals surface area contributed by atoms with E-state index >= 15 is 0 Å². The second-order valence-corrected chi connectivity index (χ2v) is 8.14. The van der Waals surface area contributed by atoms with Gasteiger partial charge in [0.05, 0.1) is 20.6 Å². The van der Waals surface area contributed by atoms with Gasteiger partial charge >= 0.3 is 0 Å². The Morgan fingerprint density at radius 3 is 2.69 bits per heavy atom. The van der Waals surface area contributed by atoms with Crippen LogP contribution in [0.15, 0.2) is 36.5 Å². The molecule has 1 amide bonds. The minimum Gasteiger partial charge on any atom is -0.453 e. The molecule has 5 nitrogen and oxygen atoms in total. The van der Waals surface area contributed by atoms with E-state index in [4.69, 9.17) is 17.0 Å². The van der Waals surface area contributed by atoms with Crippen molar-refractivity contribution in [1.82, 2.24) is 9.88 Å². The Morgan fingerprint density at radius 1 is 1.17 bits per heavy atom. The molecule has 0 aliphatic carbocycles. The van der Waals surface area contributed by atoms with Crippen molar-refractivity contribution in [3.63, 3.8) is 0 Å². The van der Waals surface area contributed by atoms with Gasteiger partial charge in [-0.1, -0.05) is 25.1 Å². The summed E-state index contributed by atoms with van der Waals surface area (Å²) in [6.45, 7) is 1.58. The minimum absolute atomic E-state index is 0.0302. The number of rotatable bonds is 5. The van der Waals surface area contributed by atoms with Gasteiger partial charge in [0, 0.05) is 37.1 Å². The van der Waals surface area contributed by atoms with Gasteiger partial charge in [-0.2, -0.15) is 0 Å². The molecule has 0 radical (unpaired) electrons. The maximum absolute atomic E-state index is 14.4. The van der Waals surface area contributed by atoms with Crippen molar-refractivity contribution in [2.75, 3.05) is 18.4 Å². The van der Waals surface area contributed by atoms with Crippen molar-refractivity contribution in [3.05, 3.63) is 47.2 Å². The molecule has 150 valence electrons. The molecule has 1 N–H and O–H groups in total. The molecule has 1 aliphatic rings. The maximum atomic E-state index is 14.4. The molecule has 8 heteroatoms. The molecular formula is C21H20FN3O2S2. The number of anilines is 1. The highest BCUT2D eigenvalue weighted by atomic mass is 32.1. The van der Waals surface area contributed by atoms with Crippen LogP contribution in [-0.2, 0) is 0 Å². The van der Waals surface area contributed by atoms with Crippen LogP contribution in [0.5, 0.6) is 11.5 Å². The number of thiocarbonyl (C=S) groups is 1. The van der Waals surface area contributed by atoms with Gasteiger partial charge < -0.3 is 15.0 Å². The number of hydrogen-bond donors (Lipinski definition) is 1. The van der Waals surface area contributed by atoms with E-state index in [1.807, 2.05) is 4.90 Å². The Kier molecular flexibility index (Phi) is 6.01. The van der Waals surface area contributed by atoms with Crippen LogP contribution in [0, 0.1) is 5.82 Å². The van der Waals surface area contributed by atoms with E-state index in [1.165, 1.54) is 35.7 Å². The molecule has 1 saturated heterocycles. The molecule has 2 aromatic heterocycles. The zero-order valence-electron chi connectivity index (χ0n) is 15.7. The Labute approximate surface area is 177 Å². The standard InChI is InChI=1S/C21H20FN3O2S2/c22-15-11-14(24-13-28)5-6-17(15)27-18-7-8-23-16-12-19(29-20(16)18)21(26)25-9-3-1-2-4-10-25/h5-8,11-13H,1-4,9-10H2,(H,24,28). The van der Waals surface area contributed by atoms with Gasteiger partial charge in [-0.3, -0.25) is 9.78 Å². The van der Waals surface area contributed by atoms with Gasteiger partial charge in [0.2, 0.25) is 0 Å². The third-order valence-electron chi connectivity index (χ3n) is 4.86. The number of carbonyl (C=O) groups is 1. The van der Waals surface area contributed by atoms with Gasteiger partial charge in [-0.25, -0.2) is 4.39 Å². The first-order valence-electron chi connectivity index (χ1n) is 9.51. The summed E-state index contributed by atoms with van der Waals surface area (Å²) >= 11 is 6.06. The summed E-state index contributed by atoms with van der Waals surface area (Å²) in [4.78, 5) is 19.8. The van der Waals surface area contributed by atoms with Crippen LogP contribution in [0.1, 0.15) is 35.4 Å². The normalized spacial score (nSPS) is 14.4. The monoisotopic (exact) mass is 429 g/mol. The first-order chi connectivity index (χ1) is 14.2. The average Bonchev–Trinajstić information content (AvgIpc) is 2.97. The average molecular weight is 430 g/mol. The third-order valence-corrected chi connectivity index (χ3v) is 6.10. The van der Waals surface area contributed by atoms with Crippen LogP contribution in [-0.4, -0.2) is 34.4 Å². The molecule has 0 spiro atoms. The van der Waals surface area contributed by atoms with Crippen LogP contribution < -0.4 is 10.1 Å². The number of likely N-dealkylation sites (tertiary alicyclic amines) is 1. The van der Waals surface area contributed by atoms with E-state index in [2.05, 4.69) is 10.3 Å². The van der Waals surface area contributed by atoms with E-state index in [0.717, 1.165) is 30.6 Å². The van der Waals surface area contributed by atoms with E-state index in [1.54, 1.807) is 30.5 Å². The molecule has 0 unspecified atom stereocenters. The highest BCUT2D eigenvalue weighted by Crippen LogP contribution is 2.36. The van der Waals surface area contributed by atoms with E-state index in [-0.39, 0.29) is 11.7 Å². The van der Waals surface area contributed by atoms with E-state index in [0.29, 0.717) is 21.8 Å². The Bertz CT molecular complexity index is 1050. The number of carbonyl (C=O) groups excluding carboxylic acids is 1. The van der Waals surface area contributed by atoms with Crippen molar-refractivity contribution >= 4 is 50.9 Å². The number of halogens is 1.